The third-order valence-electron chi connectivity index (χ3n) is 2.71. The van der Waals surface area contributed by atoms with Gasteiger partial charge in [-0.05, 0) is 25.7 Å². The van der Waals surface area contributed by atoms with Gasteiger partial charge in [0.15, 0.2) is 0 Å². The quantitative estimate of drug-likeness (QED) is 0.668. The molecule has 78 valence electrons. The molecule has 3 N–H and O–H groups in total. The standard InChI is InChI=1S/C8H18N2O2S/c1-7(8-3-2-4-8)10-5-6-13(9,11)12/h7-8,10H,2-6H2,1H3,(H2,9,11,12). The van der Waals surface area contributed by atoms with Gasteiger partial charge >= 0.3 is 0 Å². The summed E-state index contributed by atoms with van der Waals surface area (Å²) in [6.07, 6.45) is 3.85. The van der Waals surface area contributed by atoms with Crippen LogP contribution in [0.5, 0.6) is 0 Å². The Morgan fingerprint density at radius 1 is 1.54 bits per heavy atom. The van der Waals surface area contributed by atoms with Crippen molar-refractivity contribution in [1.82, 2.24) is 5.32 Å². The van der Waals surface area contributed by atoms with Crippen molar-refractivity contribution in [3.8, 4) is 0 Å². The molecule has 0 radical (unpaired) electrons. The first-order valence-electron chi connectivity index (χ1n) is 4.73. The van der Waals surface area contributed by atoms with Crippen molar-refractivity contribution < 1.29 is 8.42 Å². The van der Waals surface area contributed by atoms with E-state index in [0.717, 1.165) is 5.92 Å². The first-order chi connectivity index (χ1) is 5.99. The Labute approximate surface area is 79.9 Å². The molecule has 5 heteroatoms. The third-order valence-corrected chi connectivity index (χ3v) is 3.48. The maximum atomic E-state index is 10.6. The lowest BCUT2D eigenvalue weighted by Crippen LogP contribution is -2.40. The van der Waals surface area contributed by atoms with E-state index in [0.29, 0.717) is 12.6 Å². The zero-order valence-electron chi connectivity index (χ0n) is 7.99. The van der Waals surface area contributed by atoms with Crippen LogP contribution < -0.4 is 10.5 Å². The molecular weight excluding hydrogens is 188 g/mol. The lowest BCUT2D eigenvalue weighted by atomic mass is 9.80. The fourth-order valence-corrected chi connectivity index (χ4v) is 1.94. The van der Waals surface area contributed by atoms with Crippen LogP contribution in [0.25, 0.3) is 0 Å². The summed E-state index contributed by atoms with van der Waals surface area (Å²) < 4.78 is 21.2. The summed E-state index contributed by atoms with van der Waals surface area (Å²) in [5.74, 6) is 0.768. The molecule has 0 saturated heterocycles. The van der Waals surface area contributed by atoms with Crippen LogP contribution in [-0.4, -0.2) is 26.8 Å². The van der Waals surface area contributed by atoms with E-state index in [1.165, 1.54) is 19.3 Å². The maximum Gasteiger partial charge on any atom is 0.210 e. The van der Waals surface area contributed by atoms with E-state index in [1.54, 1.807) is 0 Å². The second-order valence-corrected chi connectivity index (χ2v) is 5.53. The average molecular weight is 206 g/mol. The first-order valence-corrected chi connectivity index (χ1v) is 6.44. The summed E-state index contributed by atoms with van der Waals surface area (Å²) in [4.78, 5) is 0. The summed E-state index contributed by atoms with van der Waals surface area (Å²) in [6.45, 7) is 2.57. The third kappa shape index (κ3) is 4.06. The summed E-state index contributed by atoms with van der Waals surface area (Å²) in [6, 6.07) is 0.426. The molecule has 1 saturated carbocycles. The van der Waals surface area contributed by atoms with E-state index in [1.807, 2.05) is 0 Å². The van der Waals surface area contributed by atoms with Crippen molar-refractivity contribution in [3.63, 3.8) is 0 Å². The lowest BCUT2D eigenvalue weighted by Gasteiger charge is -2.31. The van der Waals surface area contributed by atoms with Crippen molar-refractivity contribution in [2.45, 2.75) is 32.2 Å². The SMILES string of the molecule is CC(NCCS(N)(=O)=O)C1CCC1. The molecule has 0 aromatic carbocycles. The molecule has 13 heavy (non-hydrogen) atoms. The van der Waals surface area contributed by atoms with Gasteiger partial charge in [-0.3, -0.25) is 0 Å². The summed E-state index contributed by atoms with van der Waals surface area (Å²) in [5.41, 5.74) is 0. The van der Waals surface area contributed by atoms with Crippen LogP contribution in [0, 0.1) is 5.92 Å². The van der Waals surface area contributed by atoms with Gasteiger partial charge in [-0.25, -0.2) is 13.6 Å². The molecular formula is C8H18N2O2S. The van der Waals surface area contributed by atoms with E-state index in [-0.39, 0.29) is 5.75 Å². The maximum absolute atomic E-state index is 10.6. The molecule has 1 rings (SSSR count). The second-order valence-electron chi connectivity index (χ2n) is 3.80. The molecule has 0 heterocycles. The van der Waals surface area contributed by atoms with Crippen molar-refractivity contribution >= 4 is 10.0 Å². The van der Waals surface area contributed by atoms with Gasteiger partial charge in [0.1, 0.15) is 0 Å². The number of sulfonamides is 1. The Kier molecular flexibility index (Phi) is 3.70. The molecule has 0 aliphatic heterocycles. The number of hydrogen-bond acceptors (Lipinski definition) is 3. The summed E-state index contributed by atoms with van der Waals surface area (Å²) in [7, 11) is -3.30. The lowest BCUT2D eigenvalue weighted by molar-refractivity contribution is 0.244. The van der Waals surface area contributed by atoms with Gasteiger partial charge in [0.2, 0.25) is 10.0 Å². The molecule has 0 spiro atoms. The first kappa shape index (κ1) is 10.9. The number of nitrogens with two attached hydrogens (primary N) is 1. The van der Waals surface area contributed by atoms with E-state index in [2.05, 4.69) is 12.2 Å². The van der Waals surface area contributed by atoms with Crippen LogP contribution >= 0.6 is 0 Å². The van der Waals surface area contributed by atoms with E-state index >= 15 is 0 Å². The summed E-state index contributed by atoms with van der Waals surface area (Å²) in [5, 5.41) is 8.06. The van der Waals surface area contributed by atoms with Gasteiger partial charge in [0, 0.05) is 12.6 Å². The van der Waals surface area contributed by atoms with Crippen LogP contribution in [0.1, 0.15) is 26.2 Å². The number of rotatable bonds is 5. The van der Waals surface area contributed by atoms with E-state index in [9.17, 15) is 8.42 Å². The molecule has 1 unspecified atom stereocenters. The zero-order chi connectivity index (χ0) is 9.90. The molecule has 1 fully saturated rings. The number of nitrogens with one attached hydrogen (secondary N) is 1. The van der Waals surface area contributed by atoms with E-state index < -0.39 is 10.0 Å². The fraction of sp³-hybridized carbons (Fsp3) is 1.00. The van der Waals surface area contributed by atoms with Crippen molar-refractivity contribution in [1.29, 1.82) is 0 Å². The molecule has 1 aliphatic carbocycles. The topological polar surface area (TPSA) is 72.2 Å². The number of hydrogen-bond donors (Lipinski definition) is 2. The normalized spacial score (nSPS) is 21.1. The average Bonchev–Trinajstić information content (AvgIpc) is 1.79. The second kappa shape index (κ2) is 4.39. The zero-order valence-corrected chi connectivity index (χ0v) is 8.81. The van der Waals surface area contributed by atoms with Crippen LogP contribution in [0.2, 0.25) is 0 Å². The Balaban J connectivity index is 2.11. The van der Waals surface area contributed by atoms with Crippen LogP contribution in [0.4, 0.5) is 0 Å². The molecule has 0 amide bonds. The fourth-order valence-electron chi connectivity index (χ4n) is 1.54. The van der Waals surface area contributed by atoms with Crippen LogP contribution in [0.3, 0.4) is 0 Å². The molecule has 4 nitrogen and oxygen atoms in total. The van der Waals surface area contributed by atoms with Gasteiger partial charge in [-0.15, -0.1) is 0 Å². The monoisotopic (exact) mass is 206 g/mol. The van der Waals surface area contributed by atoms with Gasteiger partial charge in [0.25, 0.3) is 0 Å². The van der Waals surface area contributed by atoms with Crippen LogP contribution in [-0.2, 0) is 10.0 Å². The van der Waals surface area contributed by atoms with Gasteiger partial charge in [-0.2, -0.15) is 0 Å². The number of primary sulfonamides is 1. The highest BCUT2D eigenvalue weighted by Gasteiger charge is 2.23. The van der Waals surface area contributed by atoms with Gasteiger partial charge < -0.3 is 5.32 Å². The molecule has 1 atom stereocenters. The van der Waals surface area contributed by atoms with Crippen LogP contribution in [0.15, 0.2) is 0 Å². The predicted molar refractivity (Wildman–Crippen MR) is 52.8 cm³/mol. The highest BCUT2D eigenvalue weighted by atomic mass is 32.2. The molecule has 0 aromatic heterocycles. The molecule has 1 aliphatic rings. The Bertz CT molecular complexity index is 247. The Morgan fingerprint density at radius 3 is 2.54 bits per heavy atom. The Morgan fingerprint density at radius 2 is 2.15 bits per heavy atom. The molecule has 0 bridgehead atoms. The van der Waals surface area contributed by atoms with E-state index in [4.69, 9.17) is 5.14 Å². The highest BCUT2D eigenvalue weighted by molar-refractivity contribution is 7.89. The smallest absolute Gasteiger partial charge is 0.210 e. The minimum Gasteiger partial charge on any atom is -0.313 e. The predicted octanol–water partition coefficient (Wildman–Crippen LogP) is 0.0531. The Hall–Kier alpha value is -0.130. The van der Waals surface area contributed by atoms with Crippen molar-refractivity contribution in [3.05, 3.63) is 0 Å². The van der Waals surface area contributed by atoms with Gasteiger partial charge in [0.05, 0.1) is 5.75 Å². The summed E-state index contributed by atoms with van der Waals surface area (Å²) >= 11 is 0. The largest absolute Gasteiger partial charge is 0.313 e. The highest BCUT2D eigenvalue weighted by Crippen LogP contribution is 2.29. The molecule has 0 aromatic rings. The van der Waals surface area contributed by atoms with Gasteiger partial charge in [-0.1, -0.05) is 6.42 Å². The minimum atomic E-state index is -3.30. The minimum absolute atomic E-state index is 0.0318. The van der Waals surface area contributed by atoms with Crippen molar-refractivity contribution in [2.24, 2.45) is 11.1 Å². The van der Waals surface area contributed by atoms with Crippen molar-refractivity contribution in [2.75, 3.05) is 12.3 Å².